The van der Waals surface area contributed by atoms with Gasteiger partial charge in [-0.3, -0.25) is 0 Å². The van der Waals surface area contributed by atoms with E-state index in [9.17, 15) is 0 Å². The molecule has 0 amide bonds. The zero-order valence-corrected chi connectivity index (χ0v) is 11.6. The van der Waals surface area contributed by atoms with E-state index in [1.54, 1.807) is 0 Å². The summed E-state index contributed by atoms with van der Waals surface area (Å²) in [5, 5.41) is 0.631. The van der Waals surface area contributed by atoms with Crippen LogP contribution in [0.15, 0.2) is 30.3 Å². The first kappa shape index (κ1) is 13.0. The first-order valence-corrected chi connectivity index (χ1v) is 7.63. The maximum absolute atomic E-state index is 6.30. The van der Waals surface area contributed by atoms with Gasteiger partial charge in [-0.2, -0.15) is 11.8 Å². The van der Waals surface area contributed by atoms with E-state index in [-0.39, 0.29) is 0 Å². The highest BCUT2D eigenvalue weighted by Gasteiger charge is 2.31. The molecule has 1 fully saturated rings. The second kappa shape index (κ2) is 5.92. The molecule has 2 N–H and O–H groups in total. The van der Waals surface area contributed by atoms with Crippen molar-refractivity contribution in [1.29, 1.82) is 0 Å². The van der Waals surface area contributed by atoms with Crippen LogP contribution in [0.1, 0.15) is 32.3 Å². The topological polar surface area (TPSA) is 26.0 Å². The van der Waals surface area contributed by atoms with E-state index in [1.807, 2.05) is 11.8 Å². The molecule has 0 aliphatic heterocycles. The molecule has 4 unspecified atom stereocenters. The van der Waals surface area contributed by atoms with Crippen LogP contribution >= 0.6 is 11.8 Å². The summed E-state index contributed by atoms with van der Waals surface area (Å²) in [6, 6.07) is 11.1. The van der Waals surface area contributed by atoms with Gasteiger partial charge in [-0.15, -0.1) is 0 Å². The zero-order chi connectivity index (χ0) is 12.3. The molecule has 2 heteroatoms. The predicted octanol–water partition coefficient (Wildman–Crippen LogP) is 3.68. The molecule has 1 aliphatic rings. The fourth-order valence-electron chi connectivity index (χ4n) is 2.94. The van der Waals surface area contributed by atoms with Crippen molar-refractivity contribution in [3.8, 4) is 0 Å². The Morgan fingerprint density at radius 1 is 1.18 bits per heavy atom. The van der Waals surface area contributed by atoms with Crippen molar-refractivity contribution >= 4 is 11.8 Å². The van der Waals surface area contributed by atoms with Crippen LogP contribution in [0.4, 0.5) is 0 Å². The Balaban J connectivity index is 1.90. The fraction of sp³-hybridized carbons (Fsp3) is 0.600. The average Bonchev–Trinajstić information content (AvgIpc) is 2.29. The largest absolute Gasteiger partial charge is 0.327 e. The second-order valence-electron chi connectivity index (χ2n) is 5.48. The molecule has 0 aromatic heterocycles. The lowest BCUT2D eigenvalue weighted by molar-refractivity contribution is 0.279. The Hall–Kier alpha value is -0.470. The molecular formula is C15H23NS. The summed E-state index contributed by atoms with van der Waals surface area (Å²) < 4.78 is 0. The van der Waals surface area contributed by atoms with Crippen molar-refractivity contribution in [2.75, 3.05) is 0 Å². The van der Waals surface area contributed by atoms with Crippen molar-refractivity contribution in [3.63, 3.8) is 0 Å². The van der Waals surface area contributed by atoms with Gasteiger partial charge in [0.15, 0.2) is 0 Å². The third-order valence-electron chi connectivity index (χ3n) is 3.72. The van der Waals surface area contributed by atoms with Crippen LogP contribution < -0.4 is 5.73 Å². The van der Waals surface area contributed by atoms with Crippen LogP contribution in [0.3, 0.4) is 0 Å². The molecule has 17 heavy (non-hydrogen) atoms. The highest BCUT2D eigenvalue weighted by Crippen LogP contribution is 2.36. The van der Waals surface area contributed by atoms with Crippen LogP contribution in [-0.2, 0) is 5.75 Å². The number of hydrogen-bond acceptors (Lipinski definition) is 2. The third-order valence-corrected chi connectivity index (χ3v) is 5.42. The Labute approximate surface area is 109 Å². The van der Waals surface area contributed by atoms with Crippen molar-refractivity contribution in [2.24, 2.45) is 17.6 Å². The lowest BCUT2D eigenvalue weighted by Gasteiger charge is -2.37. The van der Waals surface area contributed by atoms with E-state index in [2.05, 4.69) is 44.2 Å². The van der Waals surface area contributed by atoms with Crippen molar-refractivity contribution in [1.82, 2.24) is 0 Å². The van der Waals surface area contributed by atoms with Crippen LogP contribution in [0.2, 0.25) is 0 Å². The Bertz CT molecular complexity index is 326. The zero-order valence-electron chi connectivity index (χ0n) is 10.8. The maximum atomic E-state index is 6.30. The van der Waals surface area contributed by atoms with Gasteiger partial charge in [0.2, 0.25) is 0 Å². The summed E-state index contributed by atoms with van der Waals surface area (Å²) in [7, 11) is 0. The highest BCUT2D eigenvalue weighted by atomic mass is 32.2. The second-order valence-corrected chi connectivity index (χ2v) is 6.65. The summed E-state index contributed by atoms with van der Waals surface area (Å²) in [4.78, 5) is 0. The van der Waals surface area contributed by atoms with Crippen molar-refractivity contribution in [3.05, 3.63) is 35.9 Å². The monoisotopic (exact) mass is 249 g/mol. The molecule has 1 saturated carbocycles. The molecule has 0 heterocycles. The quantitative estimate of drug-likeness (QED) is 0.884. The summed E-state index contributed by atoms with van der Waals surface area (Å²) in [6.07, 6.45) is 2.52. The van der Waals surface area contributed by atoms with Crippen LogP contribution in [0.25, 0.3) is 0 Å². The minimum atomic E-state index is 0.377. The summed E-state index contributed by atoms with van der Waals surface area (Å²) in [5.41, 5.74) is 7.72. The first-order valence-electron chi connectivity index (χ1n) is 6.58. The maximum Gasteiger partial charge on any atom is 0.0228 e. The standard InChI is InChI=1S/C15H23NS/c1-11-8-12(2)15(14(16)9-11)17-10-13-6-4-3-5-7-13/h3-7,11-12,14-15H,8-10,16H2,1-2H3. The number of rotatable bonds is 3. The van der Waals surface area contributed by atoms with Crippen molar-refractivity contribution < 1.29 is 0 Å². The molecule has 1 nitrogen and oxygen atoms in total. The summed E-state index contributed by atoms with van der Waals surface area (Å²) >= 11 is 2.04. The van der Waals surface area contributed by atoms with Crippen LogP contribution in [0.5, 0.6) is 0 Å². The van der Waals surface area contributed by atoms with Crippen molar-refractivity contribution in [2.45, 2.75) is 43.7 Å². The molecule has 0 saturated heterocycles. The Morgan fingerprint density at radius 3 is 2.53 bits per heavy atom. The minimum absolute atomic E-state index is 0.377. The molecule has 94 valence electrons. The van der Waals surface area contributed by atoms with E-state index >= 15 is 0 Å². The molecule has 2 rings (SSSR count). The van der Waals surface area contributed by atoms with Gasteiger partial charge >= 0.3 is 0 Å². The molecule has 1 aliphatic carbocycles. The van der Waals surface area contributed by atoms with Crippen LogP contribution in [0, 0.1) is 11.8 Å². The van der Waals surface area contributed by atoms with Gasteiger partial charge in [-0.05, 0) is 30.2 Å². The number of benzene rings is 1. The average molecular weight is 249 g/mol. The SMILES string of the molecule is CC1CC(C)C(SCc2ccccc2)C(N)C1. The van der Waals surface area contributed by atoms with Gasteiger partial charge in [0.1, 0.15) is 0 Å². The van der Waals surface area contributed by atoms with Gasteiger partial charge < -0.3 is 5.73 Å². The number of nitrogens with two attached hydrogens (primary N) is 1. The van der Waals surface area contributed by atoms with E-state index < -0.39 is 0 Å². The summed E-state index contributed by atoms with van der Waals surface area (Å²) in [5.74, 6) is 2.65. The lowest BCUT2D eigenvalue weighted by atomic mass is 9.80. The number of thioether (sulfide) groups is 1. The third kappa shape index (κ3) is 3.49. The molecule has 0 radical (unpaired) electrons. The molecule has 0 bridgehead atoms. The first-order chi connectivity index (χ1) is 8.16. The van der Waals surface area contributed by atoms with Crippen LogP contribution in [-0.4, -0.2) is 11.3 Å². The Kier molecular flexibility index (Phi) is 4.52. The highest BCUT2D eigenvalue weighted by molar-refractivity contribution is 7.99. The smallest absolute Gasteiger partial charge is 0.0228 e. The molecule has 1 aromatic carbocycles. The minimum Gasteiger partial charge on any atom is -0.327 e. The number of hydrogen-bond donors (Lipinski definition) is 1. The lowest BCUT2D eigenvalue weighted by Crippen LogP contribution is -2.42. The molecule has 4 atom stereocenters. The molecular weight excluding hydrogens is 226 g/mol. The van der Waals surface area contributed by atoms with Gasteiger partial charge in [0, 0.05) is 17.0 Å². The van der Waals surface area contributed by atoms with E-state index in [0.717, 1.165) is 17.6 Å². The van der Waals surface area contributed by atoms with E-state index in [4.69, 9.17) is 5.73 Å². The normalized spacial score (nSPS) is 33.6. The van der Waals surface area contributed by atoms with Gasteiger partial charge in [0.25, 0.3) is 0 Å². The Morgan fingerprint density at radius 2 is 1.88 bits per heavy atom. The van der Waals surface area contributed by atoms with Gasteiger partial charge in [-0.1, -0.05) is 44.2 Å². The summed E-state index contributed by atoms with van der Waals surface area (Å²) in [6.45, 7) is 4.69. The van der Waals surface area contributed by atoms with E-state index in [1.165, 1.54) is 18.4 Å². The van der Waals surface area contributed by atoms with Gasteiger partial charge in [-0.25, -0.2) is 0 Å². The fourth-order valence-corrected chi connectivity index (χ4v) is 4.32. The van der Waals surface area contributed by atoms with E-state index in [0.29, 0.717) is 11.3 Å². The molecule has 0 spiro atoms. The molecule has 1 aromatic rings. The van der Waals surface area contributed by atoms with Gasteiger partial charge in [0.05, 0.1) is 0 Å². The predicted molar refractivity (Wildman–Crippen MR) is 77.1 cm³/mol.